The Bertz CT molecular complexity index is 960. The average molecular weight is 513 g/mol. The first kappa shape index (κ1) is 19.9. The Hall–Kier alpha value is -1.84. The highest BCUT2D eigenvalue weighted by Crippen LogP contribution is 2.32. The number of anilines is 1. The minimum absolute atomic E-state index is 0.299. The lowest BCUT2D eigenvalue weighted by atomic mass is 10.2. The van der Waals surface area contributed by atoms with Crippen molar-refractivity contribution in [3.63, 3.8) is 0 Å². The SMILES string of the molecule is Cc1ccc(Cl)cc1NC(=O)CN1C(=O)S/C(=C\c2ccc(I)cc2)C1=O. The first-order valence-corrected chi connectivity index (χ1v) is 10.2. The zero-order valence-corrected chi connectivity index (χ0v) is 17.9. The molecule has 1 aliphatic rings. The number of nitrogens with one attached hydrogen (secondary N) is 1. The van der Waals surface area contributed by atoms with Gasteiger partial charge in [-0.2, -0.15) is 0 Å². The second-order valence-corrected chi connectivity index (χ2v) is 8.50. The van der Waals surface area contributed by atoms with E-state index in [1.165, 1.54) is 0 Å². The van der Waals surface area contributed by atoms with Crippen molar-refractivity contribution >= 4 is 74.8 Å². The Balaban J connectivity index is 1.71. The molecule has 138 valence electrons. The number of nitrogens with zero attached hydrogens (tertiary/aromatic N) is 1. The third-order valence-electron chi connectivity index (χ3n) is 3.82. The summed E-state index contributed by atoms with van der Waals surface area (Å²) in [7, 11) is 0. The highest BCUT2D eigenvalue weighted by molar-refractivity contribution is 14.1. The number of carbonyl (C=O) groups excluding carboxylic acids is 3. The van der Waals surface area contributed by atoms with Crippen molar-refractivity contribution in [3.8, 4) is 0 Å². The summed E-state index contributed by atoms with van der Waals surface area (Å²) >= 11 is 8.96. The molecule has 0 unspecified atom stereocenters. The molecule has 1 N–H and O–H groups in total. The molecule has 2 aromatic rings. The quantitative estimate of drug-likeness (QED) is 0.466. The molecule has 3 rings (SSSR count). The zero-order chi connectivity index (χ0) is 19.6. The van der Waals surface area contributed by atoms with Crippen LogP contribution in [0.5, 0.6) is 0 Å². The van der Waals surface area contributed by atoms with Gasteiger partial charge in [-0.25, -0.2) is 0 Å². The summed E-state index contributed by atoms with van der Waals surface area (Å²) < 4.78 is 1.07. The maximum absolute atomic E-state index is 12.5. The van der Waals surface area contributed by atoms with Gasteiger partial charge in [-0.15, -0.1) is 0 Å². The summed E-state index contributed by atoms with van der Waals surface area (Å²) in [6.07, 6.45) is 1.65. The summed E-state index contributed by atoms with van der Waals surface area (Å²) in [6, 6.07) is 12.7. The van der Waals surface area contributed by atoms with E-state index in [0.717, 1.165) is 31.4 Å². The minimum atomic E-state index is -0.471. The molecule has 0 aromatic heterocycles. The average Bonchev–Trinajstić information content (AvgIpc) is 2.87. The lowest BCUT2D eigenvalue weighted by Crippen LogP contribution is -2.36. The van der Waals surface area contributed by atoms with Gasteiger partial charge < -0.3 is 5.32 Å². The molecule has 0 atom stereocenters. The predicted molar refractivity (Wildman–Crippen MR) is 117 cm³/mol. The third-order valence-corrected chi connectivity index (χ3v) is 5.68. The Morgan fingerprint density at radius 2 is 1.93 bits per heavy atom. The molecule has 0 bridgehead atoms. The molecular weight excluding hydrogens is 499 g/mol. The Morgan fingerprint density at radius 3 is 2.63 bits per heavy atom. The summed E-state index contributed by atoms with van der Waals surface area (Å²) in [6.45, 7) is 1.48. The first-order valence-electron chi connectivity index (χ1n) is 7.90. The largest absolute Gasteiger partial charge is 0.324 e. The molecule has 3 amide bonds. The van der Waals surface area contributed by atoms with Gasteiger partial charge in [0.05, 0.1) is 4.91 Å². The number of halogens is 2. The number of amides is 3. The van der Waals surface area contributed by atoms with Crippen LogP contribution < -0.4 is 5.32 Å². The minimum Gasteiger partial charge on any atom is -0.324 e. The van der Waals surface area contributed by atoms with E-state index in [2.05, 4.69) is 27.9 Å². The van der Waals surface area contributed by atoms with E-state index in [9.17, 15) is 14.4 Å². The molecule has 1 fully saturated rings. The molecule has 0 radical (unpaired) electrons. The molecule has 5 nitrogen and oxygen atoms in total. The first-order chi connectivity index (χ1) is 12.8. The van der Waals surface area contributed by atoms with Crippen molar-refractivity contribution in [1.29, 1.82) is 0 Å². The second kappa shape index (κ2) is 8.45. The van der Waals surface area contributed by atoms with Crippen LogP contribution in [0, 0.1) is 10.5 Å². The number of hydrogen-bond acceptors (Lipinski definition) is 4. The Labute approximate surface area is 179 Å². The van der Waals surface area contributed by atoms with Gasteiger partial charge in [-0.05, 0) is 82.7 Å². The fraction of sp³-hybridized carbons (Fsp3) is 0.105. The van der Waals surface area contributed by atoms with Crippen LogP contribution in [-0.2, 0) is 9.59 Å². The Kier molecular flexibility index (Phi) is 6.23. The molecule has 8 heteroatoms. The van der Waals surface area contributed by atoms with Crippen LogP contribution in [0.25, 0.3) is 6.08 Å². The van der Waals surface area contributed by atoms with Crippen LogP contribution in [0.3, 0.4) is 0 Å². The van der Waals surface area contributed by atoms with Crippen molar-refractivity contribution in [3.05, 3.63) is 67.1 Å². The van der Waals surface area contributed by atoms with Crippen LogP contribution in [0.15, 0.2) is 47.4 Å². The van der Waals surface area contributed by atoms with E-state index >= 15 is 0 Å². The number of aryl methyl sites for hydroxylation is 1. The van der Waals surface area contributed by atoms with E-state index < -0.39 is 17.1 Å². The van der Waals surface area contributed by atoms with Gasteiger partial charge in [0.2, 0.25) is 5.91 Å². The van der Waals surface area contributed by atoms with E-state index in [-0.39, 0.29) is 6.54 Å². The number of carbonyl (C=O) groups is 3. The number of imide groups is 1. The molecule has 0 aliphatic carbocycles. The molecule has 1 saturated heterocycles. The van der Waals surface area contributed by atoms with Crippen LogP contribution in [-0.4, -0.2) is 28.5 Å². The highest BCUT2D eigenvalue weighted by Gasteiger charge is 2.36. The molecule has 0 saturated carbocycles. The molecule has 27 heavy (non-hydrogen) atoms. The fourth-order valence-corrected chi connectivity index (χ4v) is 3.78. The standard InChI is InChI=1S/C19H14ClIN2O3S/c1-11-2-5-13(20)9-15(11)22-17(24)10-23-18(25)16(27-19(23)26)8-12-3-6-14(21)7-4-12/h2-9H,10H2,1H3,(H,22,24)/b16-8-. The summed E-state index contributed by atoms with van der Waals surface area (Å²) in [5.41, 5.74) is 2.20. The number of hydrogen-bond donors (Lipinski definition) is 1. The van der Waals surface area contributed by atoms with Gasteiger partial charge in [0.25, 0.3) is 11.1 Å². The molecule has 2 aromatic carbocycles. The topological polar surface area (TPSA) is 66.5 Å². The summed E-state index contributed by atoms with van der Waals surface area (Å²) in [5, 5.41) is 2.72. The van der Waals surface area contributed by atoms with Gasteiger partial charge in [0, 0.05) is 14.3 Å². The van der Waals surface area contributed by atoms with Gasteiger partial charge in [-0.1, -0.05) is 29.8 Å². The van der Waals surface area contributed by atoms with E-state index in [0.29, 0.717) is 15.6 Å². The molecule has 0 spiro atoms. The van der Waals surface area contributed by atoms with Crippen molar-refractivity contribution < 1.29 is 14.4 Å². The number of benzene rings is 2. The van der Waals surface area contributed by atoms with Crippen LogP contribution >= 0.6 is 46.0 Å². The van der Waals surface area contributed by atoms with E-state index in [1.807, 2.05) is 31.2 Å². The van der Waals surface area contributed by atoms with E-state index in [4.69, 9.17) is 11.6 Å². The fourth-order valence-electron chi connectivity index (χ4n) is 2.41. The van der Waals surface area contributed by atoms with Crippen molar-refractivity contribution in [2.45, 2.75) is 6.92 Å². The second-order valence-electron chi connectivity index (χ2n) is 5.83. The van der Waals surface area contributed by atoms with Gasteiger partial charge in [0.1, 0.15) is 6.54 Å². The maximum atomic E-state index is 12.5. The van der Waals surface area contributed by atoms with Gasteiger partial charge in [-0.3, -0.25) is 19.3 Å². The number of thioether (sulfide) groups is 1. The third kappa shape index (κ3) is 4.91. The van der Waals surface area contributed by atoms with Crippen molar-refractivity contribution in [2.24, 2.45) is 0 Å². The van der Waals surface area contributed by atoms with Crippen molar-refractivity contribution in [2.75, 3.05) is 11.9 Å². The monoisotopic (exact) mass is 512 g/mol. The van der Waals surface area contributed by atoms with Gasteiger partial charge in [0.15, 0.2) is 0 Å². The maximum Gasteiger partial charge on any atom is 0.294 e. The zero-order valence-electron chi connectivity index (χ0n) is 14.2. The molecule has 1 heterocycles. The van der Waals surface area contributed by atoms with Crippen LogP contribution in [0.2, 0.25) is 5.02 Å². The lowest BCUT2D eigenvalue weighted by molar-refractivity contribution is -0.127. The van der Waals surface area contributed by atoms with E-state index in [1.54, 1.807) is 24.3 Å². The molecule has 1 aliphatic heterocycles. The number of rotatable bonds is 4. The Morgan fingerprint density at radius 1 is 1.22 bits per heavy atom. The van der Waals surface area contributed by atoms with Crippen LogP contribution in [0.1, 0.15) is 11.1 Å². The smallest absolute Gasteiger partial charge is 0.294 e. The van der Waals surface area contributed by atoms with Crippen LogP contribution in [0.4, 0.5) is 10.5 Å². The normalized spacial score (nSPS) is 15.5. The highest BCUT2D eigenvalue weighted by atomic mass is 127. The molecular formula is C19H14ClIN2O3S. The summed E-state index contributed by atoms with van der Waals surface area (Å²) in [5.74, 6) is -0.931. The van der Waals surface area contributed by atoms with Crippen molar-refractivity contribution in [1.82, 2.24) is 4.90 Å². The summed E-state index contributed by atoms with van der Waals surface area (Å²) in [4.78, 5) is 38.2. The lowest BCUT2D eigenvalue weighted by Gasteiger charge is -2.13. The van der Waals surface area contributed by atoms with Gasteiger partial charge >= 0.3 is 0 Å². The predicted octanol–water partition coefficient (Wildman–Crippen LogP) is 4.93.